The smallest absolute Gasteiger partial charge is 0.243 e. The summed E-state index contributed by atoms with van der Waals surface area (Å²) >= 11 is 0. The molecule has 1 unspecified atom stereocenters. The standard InChI is InChI=1S/C21H24N2O6S2/c1-15-14-22(30(26,27)20-8-4-18(5-9-20)16(2)24)12-13-23(15)31(28,29)21-10-6-19(7-11-21)17(3)25/h4-11,15H,12-14H2,1-3H3. The van der Waals surface area contributed by atoms with Crippen molar-refractivity contribution in [2.75, 3.05) is 19.6 Å². The van der Waals surface area contributed by atoms with Gasteiger partial charge >= 0.3 is 0 Å². The molecule has 1 atom stereocenters. The van der Waals surface area contributed by atoms with E-state index in [0.29, 0.717) is 11.1 Å². The van der Waals surface area contributed by atoms with Gasteiger partial charge in [0.2, 0.25) is 20.0 Å². The summed E-state index contributed by atoms with van der Waals surface area (Å²) < 4.78 is 54.6. The van der Waals surface area contributed by atoms with Crippen LogP contribution in [0.3, 0.4) is 0 Å². The molecule has 0 radical (unpaired) electrons. The second-order valence-electron chi connectivity index (χ2n) is 7.49. The Balaban J connectivity index is 1.79. The van der Waals surface area contributed by atoms with E-state index >= 15 is 0 Å². The molecule has 0 N–H and O–H groups in total. The summed E-state index contributed by atoms with van der Waals surface area (Å²) in [6.45, 7) is 4.47. The Hall–Kier alpha value is -2.40. The van der Waals surface area contributed by atoms with Crippen LogP contribution in [0.15, 0.2) is 58.3 Å². The minimum atomic E-state index is -3.84. The molecule has 31 heavy (non-hydrogen) atoms. The van der Waals surface area contributed by atoms with Crippen molar-refractivity contribution in [2.24, 2.45) is 0 Å². The number of carbonyl (C=O) groups excluding carboxylic acids is 2. The number of benzene rings is 2. The lowest BCUT2D eigenvalue weighted by molar-refractivity contribution is 0.100. The van der Waals surface area contributed by atoms with E-state index in [4.69, 9.17) is 0 Å². The lowest BCUT2D eigenvalue weighted by Crippen LogP contribution is -2.55. The molecule has 0 amide bonds. The molecular weight excluding hydrogens is 440 g/mol. The molecule has 10 heteroatoms. The number of carbonyl (C=O) groups is 2. The second kappa shape index (κ2) is 8.62. The number of rotatable bonds is 6. The Morgan fingerprint density at radius 2 is 1.16 bits per heavy atom. The van der Waals surface area contributed by atoms with Crippen LogP contribution in [-0.4, -0.2) is 62.7 Å². The first-order chi connectivity index (χ1) is 14.4. The summed E-state index contributed by atoms with van der Waals surface area (Å²) in [5, 5.41) is 0. The van der Waals surface area contributed by atoms with Crippen molar-refractivity contribution < 1.29 is 26.4 Å². The number of hydrogen-bond donors (Lipinski definition) is 0. The van der Waals surface area contributed by atoms with E-state index < -0.39 is 26.1 Å². The number of nitrogens with zero attached hydrogens (tertiary/aromatic N) is 2. The van der Waals surface area contributed by atoms with Crippen LogP contribution in [0, 0.1) is 0 Å². The highest BCUT2D eigenvalue weighted by Crippen LogP contribution is 2.25. The maximum atomic E-state index is 13.0. The van der Waals surface area contributed by atoms with E-state index in [1.807, 2.05) is 0 Å². The van der Waals surface area contributed by atoms with Crippen LogP contribution < -0.4 is 0 Å². The van der Waals surface area contributed by atoms with Crippen LogP contribution >= 0.6 is 0 Å². The van der Waals surface area contributed by atoms with E-state index in [0.717, 1.165) is 0 Å². The van der Waals surface area contributed by atoms with E-state index in [-0.39, 0.29) is 41.0 Å². The van der Waals surface area contributed by atoms with Crippen molar-refractivity contribution in [1.29, 1.82) is 0 Å². The second-order valence-corrected chi connectivity index (χ2v) is 11.3. The van der Waals surface area contributed by atoms with Gasteiger partial charge in [0.15, 0.2) is 11.6 Å². The fourth-order valence-corrected chi connectivity index (χ4v) is 6.62. The van der Waals surface area contributed by atoms with Crippen LogP contribution in [0.1, 0.15) is 41.5 Å². The van der Waals surface area contributed by atoms with Gasteiger partial charge < -0.3 is 0 Å². The molecule has 0 aromatic heterocycles. The maximum absolute atomic E-state index is 13.0. The lowest BCUT2D eigenvalue weighted by Gasteiger charge is -2.38. The highest BCUT2D eigenvalue weighted by Gasteiger charge is 2.38. The van der Waals surface area contributed by atoms with Crippen molar-refractivity contribution in [3.05, 3.63) is 59.7 Å². The number of Topliss-reactive ketones (excluding diaryl/α,β-unsaturated/α-hetero) is 2. The maximum Gasteiger partial charge on any atom is 0.243 e. The predicted octanol–water partition coefficient (Wildman–Crippen LogP) is 2.18. The SMILES string of the molecule is CC(=O)c1ccc(S(=O)(=O)N2CCN(S(=O)(=O)c3ccc(C(C)=O)cc3)C(C)C2)cc1. The average molecular weight is 465 g/mol. The molecule has 1 aliphatic heterocycles. The summed E-state index contributed by atoms with van der Waals surface area (Å²) in [5.41, 5.74) is 0.831. The molecule has 1 heterocycles. The molecule has 0 aliphatic carbocycles. The van der Waals surface area contributed by atoms with Crippen molar-refractivity contribution in [3.8, 4) is 0 Å². The van der Waals surface area contributed by atoms with Gasteiger partial charge in [-0.05, 0) is 45.0 Å². The third-order valence-electron chi connectivity index (χ3n) is 5.30. The van der Waals surface area contributed by atoms with Crippen molar-refractivity contribution >= 4 is 31.6 Å². The predicted molar refractivity (Wildman–Crippen MR) is 115 cm³/mol. The van der Waals surface area contributed by atoms with Gasteiger partial charge in [-0.1, -0.05) is 24.3 Å². The van der Waals surface area contributed by atoms with Crippen molar-refractivity contribution in [1.82, 2.24) is 8.61 Å². The first-order valence-corrected chi connectivity index (χ1v) is 12.6. The monoisotopic (exact) mass is 464 g/mol. The van der Waals surface area contributed by atoms with E-state index in [1.165, 1.54) is 71.0 Å². The Kier molecular flexibility index (Phi) is 6.47. The van der Waals surface area contributed by atoms with Gasteiger partial charge in [0, 0.05) is 36.8 Å². The Morgan fingerprint density at radius 3 is 1.55 bits per heavy atom. The first-order valence-electron chi connectivity index (χ1n) is 9.68. The highest BCUT2D eigenvalue weighted by atomic mass is 32.2. The van der Waals surface area contributed by atoms with Gasteiger partial charge in [-0.3, -0.25) is 9.59 Å². The Bertz CT molecular complexity index is 1200. The molecule has 166 valence electrons. The highest BCUT2D eigenvalue weighted by molar-refractivity contribution is 7.89. The van der Waals surface area contributed by atoms with Crippen LogP contribution in [0.5, 0.6) is 0 Å². The molecule has 0 spiro atoms. The molecule has 1 aliphatic rings. The summed E-state index contributed by atoms with van der Waals surface area (Å²) in [6, 6.07) is 10.8. The molecule has 0 bridgehead atoms. The fourth-order valence-electron chi connectivity index (χ4n) is 3.49. The number of sulfonamides is 2. The Labute approximate surface area is 182 Å². The van der Waals surface area contributed by atoms with Gasteiger partial charge in [0.25, 0.3) is 0 Å². The van der Waals surface area contributed by atoms with Crippen LogP contribution in [0.4, 0.5) is 0 Å². The lowest BCUT2D eigenvalue weighted by atomic mass is 10.2. The minimum Gasteiger partial charge on any atom is -0.295 e. The van der Waals surface area contributed by atoms with E-state index in [2.05, 4.69) is 0 Å². The third-order valence-corrected chi connectivity index (χ3v) is 9.20. The van der Waals surface area contributed by atoms with Gasteiger partial charge in [-0.25, -0.2) is 16.8 Å². The van der Waals surface area contributed by atoms with Crippen LogP contribution in [-0.2, 0) is 20.0 Å². The summed E-state index contributed by atoms with van der Waals surface area (Å²) in [7, 11) is -7.66. The van der Waals surface area contributed by atoms with Crippen LogP contribution in [0.25, 0.3) is 0 Å². The number of piperazine rings is 1. The largest absolute Gasteiger partial charge is 0.295 e. The Morgan fingerprint density at radius 1 is 0.742 bits per heavy atom. The molecule has 3 rings (SSSR count). The van der Waals surface area contributed by atoms with E-state index in [1.54, 1.807) is 6.92 Å². The summed E-state index contributed by atoms with van der Waals surface area (Å²) in [4.78, 5) is 22.9. The van der Waals surface area contributed by atoms with Crippen molar-refractivity contribution in [3.63, 3.8) is 0 Å². The summed E-state index contributed by atoms with van der Waals surface area (Å²) in [6.07, 6.45) is 0. The van der Waals surface area contributed by atoms with E-state index in [9.17, 15) is 26.4 Å². The first kappa shape index (κ1) is 23.3. The quantitative estimate of drug-likeness (QED) is 0.606. The minimum absolute atomic E-state index is 0.00154. The average Bonchev–Trinajstić information content (AvgIpc) is 2.73. The topological polar surface area (TPSA) is 109 Å². The molecule has 2 aromatic rings. The zero-order chi connectivity index (χ0) is 23.0. The zero-order valence-electron chi connectivity index (χ0n) is 17.5. The zero-order valence-corrected chi connectivity index (χ0v) is 19.1. The van der Waals surface area contributed by atoms with Gasteiger partial charge in [-0.2, -0.15) is 8.61 Å². The number of hydrogen-bond acceptors (Lipinski definition) is 6. The third kappa shape index (κ3) is 4.62. The molecular formula is C21H24N2O6S2. The molecule has 2 aromatic carbocycles. The van der Waals surface area contributed by atoms with Gasteiger partial charge in [0.1, 0.15) is 0 Å². The molecule has 8 nitrogen and oxygen atoms in total. The van der Waals surface area contributed by atoms with Crippen LogP contribution in [0.2, 0.25) is 0 Å². The molecule has 0 saturated carbocycles. The molecule has 1 fully saturated rings. The van der Waals surface area contributed by atoms with Gasteiger partial charge in [0.05, 0.1) is 9.79 Å². The van der Waals surface area contributed by atoms with Crippen molar-refractivity contribution in [2.45, 2.75) is 36.6 Å². The number of ketones is 2. The fraction of sp³-hybridized carbons (Fsp3) is 0.333. The van der Waals surface area contributed by atoms with Gasteiger partial charge in [-0.15, -0.1) is 0 Å². The summed E-state index contributed by atoms with van der Waals surface area (Å²) in [5.74, 6) is -0.319. The normalized spacial score (nSPS) is 18.6. The molecule has 1 saturated heterocycles.